The first kappa shape index (κ1) is 19.0. The molecule has 2 atom stereocenters. The zero-order chi connectivity index (χ0) is 16.4. The summed E-state index contributed by atoms with van der Waals surface area (Å²) in [5.41, 5.74) is 6.93. The molecule has 3 rings (SSSR count). The average Bonchev–Trinajstić information content (AvgIpc) is 2.97. The smallest absolute Gasteiger partial charge is 0.242 e. The van der Waals surface area contributed by atoms with Crippen molar-refractivity contribution >= 4 is 35.8 Å². The topological polar surface area (TPSA) is 66.6 Å². The summed E-state index contributed by atoms with van der Waals surface area (Å²) in [5.74, 6) is 0.0971. The lowest BCUT2D eigenvalue weighted by Crippen LogP contribution is -2.53. The Morgan fingerprint density at radius 3 is 2.50 bits per heavy atom. The van der Waals surface area contributed by atoms with Gasteiger partial charge in [0, 0.05) is 36.6 Å². The Balaban J connectivity index is 0.00000208. The third kappa shape index (κ3) is 4.41. The van der Waals surface area contributed by atoms with Crippen LogP contribution >= 0.6 is 24.0 Å². The number of hydrogen-bond donors (Lipinski definition) is 1. The molecule has 5 nitrogen and oxygen atoms in total. The molecule has 1 saturated carbocycles. The van der Waals surface area contributed by atoms with Crippen LogP contribution in [0.25, 0.3) is 0 Å². The highest BCUT2D eigenvalue weighted by atomic mass is 35.5. The van der Waals surface area contributed by atoms with Gasteiger partial charge in [-0.25, -0.2) is 0 Å². The van der Waals surface area contributed by atoms with Crippen LogP contribution < -0.4 is 5.73 Å². The zero-order valence-electron chi connectivity index (χ0n) is 13.5. The van der Waals surface area contributed by atoms with Crippen LogP contribution in [0.5, 0.6) is 0 Å². The van der Waals surface area contributed by atoms with E-state index in [2.05, 4.69) is 0 Å². The van der Waals surface area contributed by atoms with Gasteiger partial charge < -0.3 is 15.5 Å². The Labute approximate surface area is 153 Å². The lowest BCUT2D eigenvalue weighted by Gasteiger charge is -2.35. The van der Waals surface area contributed by atoms with Crippen molar-refractivity contribution in [3.05, 3.63) is 34.9 Å². The maximum atomic E-state index is 12.5. The number of piperazine rings is 1. The van der Waals surface area contributed by atoms with E-state index in [0.29, 0.717) is 24.7 Å². The van der Waals surface area contributed by atoms with Gasteiger partial charge in [0.25, 0.3) is 0 Å². The van der Waals surface area contributed by atoms with E-state index in [9.17, 15) is 9.59 Å². The van der Waals surface area contributed by atoms with Gasteiger partial charge in [0.15, 0.2) is 0 Å². The molecule has 7 heteroatoms. The van der Waals surface area contributed by atoms with Crippen LogP contribution in [0.1, 0.15) is 24.8 Å². The van der Waals surface area contributed by atoms with E-state index in [1.54, 1.807) is 9.80 Å². The number of amides is 2. The molecule has 1 aliphatic heterocycles. The molecule has 1 aromatic carbocycles. The quantitative estimate of drug-likeness (QED) is 0.883. The summed E-state index contributed by atoms with van der Waals surface area (Å²) >= 11 is 5.88. The van der Waals surface area contributed by atoms with Crippen LogP contribution in [0, 0.1) is 5.92 Å². The molecular formula is C17H23Cl2N3O2. The van der Waals surface area contributed by atoms with Crippen LogP contribution in [0.4, 0.5) is 0 Å². The summed E-state index contributed by atoms with van der Waals surface area (Å²) in [6.45, 7) is 1.92. The lowest BCUT2D eigenvalue weighted by atomic mass is 10.1. The molecule has 2 aliphatic rings. The fraction of sp³-hybridized carbons (Fsp3) is 0.529. The molecule has 1 heterocycles. The molecule has 0 spiro atoms. The maximum absolute atomic E-state index is 12.5. The number of halogens is 2. The summed E-state index contributed by atoms with van der Waals surface area (Å²) in [5, 5.41) is 0.685. The van der Waals surface area contributed by atoms with Crippen molar-refractivity contribution in [3.63, 3.8) is 0 Å². The Bertz CT molecular complexity index is 594. The van der Waals surface area contributed by atoms with Gasteiger partial charge in [0.2, 0.25) is 11.8 Å². The van der Waals surface area contributed by atoms with E-state index in [4.69, 9.17) is 17.3 Å². The normalized spacial score (nSPS) is 24.0. The van der Waals surface area contributed by atoms with Gasteiger partial charge in [-0.3, -0.25) is 9.59 Å². The van der Waals surface area contributed by atoms with Crippen LogP contribution in [0.3, 0.4) is 0 Å². The van der Waals surface area contributed by atoms with Crippen molar-refractivity contribution in [2.24, 2.45) is 11.7 Å². The standard InChI is InChI=1S/C17H22ClN3O2.ClH/c18-14-4-1-12(2-5-14)10-20-7-8-21(11-16(20)22)17(23)13-3-6-15(19)9-13;/h1-2,4-5,13,15H,3,6-11,19H2;1H. The van der Waals surface area contributed by atoms with Crippen LogP contribution in [-0.2, 0) is 16.1 Å². The molecule has 0 radical (unpaired) electrons. The molecule has 132 valence electrons. The van der Waals surface area contributed by atoms with E-state index < -0.39 is 0 Å². The second-order valence-corrected chi connectivity index (χ2v) is 6.91. The second kappa shape index (κ2) is 8.19. The predicted octanol–water partition coefficient (Wildman–Crippen LogP) is 2.06. The average molecular weight is 372 g/mol. The Morgan fingerprint density at radius 2 is 1.92 bits per heavy atom. The molecule has 24 heavy (non-hydrogen) atoms. The number of carbonyl (C=O) groups is 2. The Kier molecular flexibility index (Phi) is 6.49. The molecule has 1 aromatic rings. The Morgan fingerprint density at radius 1 is 1.21 bits per heavy atom. The van der Waals surface area contributed by atoms with Crippen molar-refractivity contribution in [2.75, 3.05) is 19.6 Å². The number of carbonyl (C=O) groups excluding carboxylic acids is 2. The van der Waals surface area contributed by atoms with Gasteiger partial charge in [-0.1, -0.05) is 23.7 Å². The van der Waals surface area contributed by atoms with Crippen molar-refractivity contribution < 1.29 is 9.59 Å². The summed E-state index contributed by atoms with van der Waals surface area (Å²) < 4.78 is 0. The molecule has 0 aromatic heterocycles. The highest BCUT2D eigenvalue weighted by molar-refractivity contribution is 6.30. The van der Waals surface area contributed by atoms with Gasteiger partial charge in [-0.05, 0) is 37.0 Å². The van der Waals surface area contributed by atoms with E-state index in [1.165, 1.54) is 0 Å². The molecule has 2 amide bonds. The minimum absolute atomic E-state index is 0. The number of hydrogen-bond acceptors (Lipinski definition) is 3. The number of benzene rings is 1. The molecule has 1 aliphatic carbocycles. The van der Waals surface area contributed by atoms with Crippen molar-refractivity contribution in [1.82, 2.24) is 9.80 Å². The third-order valence-electron chi connectivity index (χ3n) is 4.74. The first-order valence-corrected chi connectivity index (χ1v) is 8.47. The molecule has 2 fully saturated rings. The predicted molar refractivity (Wildman–Crippen MR) is 96.0 cm³/mol. The second-order valence-electron chi connectivity index (χ2n) is 6.47. The molecular weight excluding hydrogens is 349 g/mol. The van der Waals surface area contributed by atoms with Crippen molar-refractivity contribution in [1.29, 1.82) is 0 Å². The molecule has 2 unspecified atom stereocenters. The lowest BCUT2D eigenvalue weighted by molar-refractivity contribution is -0.147. The number of nitrogens with zero attached hydrogens (tertiary/aromatic N) is 2. The van der Waals surface area contributed by atoms with E-state index in [0.717, 1.165) is 24.8 Å². The number of rotatable bonds is 3. The number of nitrogens with two attached hydrogens (primary N) is 1. The van der Waals surface area contributed by atoms with Crippen LogP contribution in [0.15, 0.2) is 24.3 Å². The first-order valence-electron chi connectivity index (χ1n) is 8.09. The molecule has 1 saturated heterocycles. The summed E-state index contributed by atoms with van der Waals surface area (Å²) in [4.78, 5) is 28.3. The summed E-state index contributed by atoms with van der Waals surface area (Å²) in [7, 11) is 0. The summed E-state index contributed by atoms with van der Waals surface area (Å²) in [6, 6.07) is 7.63. The van der Waals surface area contributed by atoms with E-state index in [1.807, 2.05) is 24.3 Å². The van der Waals surface area contributed by atoms with Gasteiger partial charge in [-0.2, -0.15) is 0 Å². The fourth-order valence-electron chi connectivity index (χ4n) is 3.37. The zero-order valence-corrected chi connectivity index (χ0v) is 15.1. The highest BCUT2D eigenvalue weighted by Gasteiger charge is 2.34. The van der Waals surface area contributed by atoms with E-state index >= 15 is 0 Å². The van der Waals surface area contributed by atoms with Gasteiger partial charge >= 0.3 is 0 Å². The third-order valence-corrected chi connectivity index (χ3v) is 4.99. The first-order chi connectivity index (χ1) is 11.0. The fourth-order valence-corrected chi connectivity index (χ4v) is 3.50. The monoisotopic (exact) mass is 371 g/mol. The van der Waals surface area contributed by atoms with E-state index in [-0.39, 0.29) is 42.7 Å². The van der Waals surface area contributed by atoms with Gasteiger partial charge in [0.1, 0.15) is 0 Å². The minimum atomic E-state index is 0. The minimum Gasteiger partial charge on any atom is -0.335 e. The molecule has 2 N–H and O–H groups in total. The maximum Gasteiger partial charge on any atom is 0.242 e. The van der Waals surface area contributed by atoms with Gasteiger partial charge in [0.05, 0.1) is 6.54 Å². The Hall–Kier alpha value is -1.30. The van der Waals surface area contributed by atoms with Gasteiger partial charge in [-0.15, -0.1) is 12.4 Å². The SMILES string of the molecule is Cl.NC1CCC(C(=O)N2CCN(Cc3ccc(Cl)cc3)C(=O)C2)C1. The van der Waals surface area contributed by atoms with Crippen molar-refractivity contribution in [2.45, 2.75) is 31.8 Å². The largest absolute Gasteiger partial charge is 0.335 e. The van der Waals surface area contributed by atoms with Crippen LogP contribution in [0.2, 0.25) is 5.02 Å². The summed E-state index contributed by atoms with van der Waals surface area (Å²) in [6.07, 6.45) is 2.50. The van der Waals surface area contributed by atoms with Crippen molar-refractivity contribution in [3.8, 4) is 0 Å². The highest BCUT2D eigenvalue weighted by Crippen LogP contribution is 2.26. The van der Waals surface area contributed by atoms with Crippen LogP contribution in [-0.4, -0.2) is 47.3 Å². The molecule has 0 bridgehead atoms.